The van der Waals surface area contributed by atoms with Crippen LogP contribution in [0.5, 0.6) is 0 Å². The second-order valence-electron chi connectivity index (χ2n) is 7.43. The Morgan fingerprint density at radius 3 is 2.33 bits per heavy atom. The van der Waals surface area contributed by atoms with E-state index in [1.807, 2.05) is 4.90 Å². The van der Waals surface area contributed by atoms with Gasteiger partial charge in [-0.15, -0.1) is 0 Å². The lowest BCUT2D eigenvalue weighted by Crippen LogP contribution is -2.64. The fourth-order valence-corrected chi connectivity index (χ4v) is 3.79. The van der Waals surface area contributed by atoms with Crippen LogP contribution in [0.2, 0.25) is 0 Å². The number of nitrogens with one attached hydrogen (secondary N) is 2. The summed E-state index contributed by atoms with van der Waals surface area (Å²) in [5.74, 6) is 0.260. The van der Waals surface area contributed by atoms with Crippen molar-refractivity contribution >= 4 is 5.91 Å². The molecular weight excluding hydrogens is 306 g/mol. The third-order valence-corrected chi connectivity index (χ3v) is 5.46. The molecule has 0 bridgehead atoms. The molecule has 7 heteroatoms. The van der Waals surface area contributed by atoms with E-state index in [0.717, 1.165) is 72.1 Å². The molecule has 2 atom stereocenters. The van der Waals surface area contributed by atoms with Crippen LogP contribution in [0.15, 0.2) is 0 Å². The van der Waals surface area contributed by atoms with E-state index in [4.69, 9.17) is 4.74 Å². The summed E-state index contributed by atoms with van der Waals surface area (Å²) in [5.41, 5.74) is 0. The maximum Gasteiger partial charge on any atom is 0.241 e. The molecule has 3 fully saturated rings. The molecule has 3 aliphatic heterocycles. The number of hydrogen-bond acceptors (Lipinski definition) is 6. The predicted molar refractivity (Wildman–Crippen MR) is 94.1 cm³/mol. The predicted octanol–water partition coefficient (Wildman–Crippen LogP) is -1.20. The fourth-order valence-electron chi connectivity index (χ4n) is 3.79. The average molecular weight is 339 g/mol. The second kappa shape index (κ2) is 8.58. The smallest absolute Gasteiger partial charge is 0.241 e. The van der Waals surface area contributed by atoms with Crippen molar-refractivity contribution < 1.29 is 9.53 Å². The third-order valence-electron chi connectivity index (χ3n) is 5.46. The van der Waals surface area contributed by atoms with Gasteiger partial charge in [0.05, 0.1) is 19.3 Å². The zero-order valence-electron chi connectivity index (χ0n) is 15.2. The van der Waals surface area contributed by atoms with E-state index in [1.54, 1.807) is 0 Å². The van der Waals surface area contributed by atoms with Crippen molar-refractivity contribution in [2.75, 3.05) is 72.1 Å². The van der Waals surface area contributed by atoms with E-state index in [0.29, 0.717) is 12.1 Å². The van der Waals surface area contributed by atoms with Gasteiger partial charge in [0.25, 0.3) is 0 Å². The minimum Gasteiger partial charge on any atom is -0.379 e. The maximum absolute atomic E-state index is 12.7. The first-order valence-electron chi connectivity index (χ1n) is 9.43. The first-order chi connectivity index (χ1) is 11.6. The Balaban J connectivity index is 1.39. The molecule has 2 unspecified atom stereocenters. The van der Waals surface area contributed by atoms with E-state index < -0.39 is 0 Å². The Bertz CT molecular complexity index is 398. The van der Waals surface area contributed by atoms with Gasteiger partial charge in [-0.2, -0.15) is 0 Å². The van der Waals surface area contributed by atoms with E-state index in [1.165, 1.54) is 0 Å². The van der Waals surface area contributed by atoms with Gasteiger partial charge >= 0.3 is 0 Å². The number of carbonyl (C=O) groups excluding carboxylic acids is 1. The van der Waals surface area contributed by atoms with E-state index in [2.05, 4.69) is 34.3 Å². The summed E-state index contributed by atoms with van der Waals surface area (Å²) in [7, 11) is 0. The summed E-state index contributed by atoms with van der Waals surface area (Å²) in [5, 5.41) is 7.03. The number of ether oxygens (including phenoxy) is 1. The molecule has 0 aromatic carbocycles. The first-order valence-corrected chi connectivity index (χ1v) is 9.43. The van der Waals surface area contributed by atoms with Crippen molar-refractivity contribution in [1.82, 2.24) is 25.3 Å². The minimum atomic E-state index is -0.0726. The van der Waals surface area contributed by atoms with Gasteiger partial charge in [0, 0.05) is 71.0 Å². The number of nitrogens with zero attached hydrogens (tertiary/aromatic N) is 3. The van der Waals surface area contributed by atoms with Crippen molar-refractivity contribution in [3.05, 3.63) is 0 Å². The molecule has 3 heterocycles. The number of carbonyl (C=O) groups is 1. The van der Waals surface area contributed by atoms with Gasteiger partial charge in [0.2, 0.25) is 5.91 Å². The Morgan fingerprint density at radius 2 is 1.75 bits per heavy atom. The molecule has 1 amide bonds. The fraction of sp³-hybridized carbons (Fsp3) is 0.941. The summed E-state index contributed by atoms with van der Waals surface area (Å²) in [4.78, 5) is 19.6. The SMILES string of the molecule is CC(C)N1CCN(C(=O)C2CNC(CN3CCOCC3)CN2)CC1. The van der Waals surface area contributed by atoms with Crippen molar-refractivity contribution in [3.8, 4) is 0 Å². The average Bonchev–Trinajstić information content (AvgIpc) is 2.63. The number of hydrogen-bond donors (Lipinski definition) is 2. The van der Waals surface area contributed by atoms with Crippen molar-refractivity contribution in [2.45, 2.75) is 32.0 Å². The molecule has 0 aromatic rings. The number of morpholine rings is 1. The Labute approximate surface area is 145 Å². The lowest BCUT2D eigenvalue weighted by atomic mass is 10.1. The van der Waals surface area contributed by atoms with Crippen LogP contribution in [-0.2, 0) is 9.53 Å². The molecule has 0 spiro atoms. The monoisotopic (exact) mass is 339 g/mol. The highest BCUT2D eigenvalue weighted by atomic mass is 16.5. The van der Waals surface area contributed by atoms with Gasteiger partial charge in [-0.05, 0) is 13.8 Å². The van der Waals surface area contributed by atoms with Gasteiger partial charge in [-0.25, -0.2) is 0 Å². The van der Waals surface area contributed by atoms with Gasteiger partial charge < -0.3 is 20.3 Å². The molecule has 24 heavy (non-hydrogen) atoms. The van der Waals surface area contributed by atoms with Crippen LogP contribution < -0.4 is 10.6 Å². The molecule has 3 rings (SSSR count). The summed E-state index contributed by atoms with van der Waals surface area (Å²) in [6, 6.07) is 0.916. The lowest BCUT2D eigenvalue weighted by molar-refractivity contribution is -0.135. The highest BCUT2D eigenvalue weighted by molar-refractivity contribution is 5.82. The highest BCUT2D eigenvalue weighted by Gasteiger charge is 2.31. The number of amides is 1. The third kappa shape index (κ3) is 4.67. The van der Waals surface area contributed by atoms with Crippen LogP contribution in [0.4, 0.5) is 0 Å². The van der Waals surface area contributed by atoms with Gasteiger partial charge in [-0.1, -0.05) is 0 Å². The van der Waals surface area contributed by atoms with E-state index in [-0.39, 0.29) is 11.9 Å². The van der Waals surface area contributed by atoms with E-state index >= 15 is 0 Å². The molecule has 0 aliphatic carbocycles. The van der Waals surface area contributed by atoms with Crippen LogP contribution in [0.1, 0.15) is 13.8 Å². The molecule has 7 nitrogen and oxygen atoms in total. The Morgan fingerprint density at radius 1 is 1.04 bits per heavy atom. The van der Waals surface area contributed by atoms with Crippen LogP contribution in [0, 0.1) is 0 Å². The van der Waals surface area contributed by atoms with Crippen molar-refractivity contribution in [2.24, 2.45) is 0 Å². The van der Waals surface area contributed by atoms with Gasteiger partial charge in [0.1, 0.15) is 0 Å². The molecule has 0 radical (unpaired) electrons. The van der Waals surface area contributed by atoms with Crippen LogP contribution in [0.25, 0.3) is 0 Å². The minimum absolute atomic E-state index is 0.0726. The number of piperazine rings is 2. The van der Waals surface area contributed by atoms with E-state index in [9.17, 15) is 4.79 Å². The number of rotatable bonds is 4. The Kier molecular flexibility index (Phi) is 6.46. The normalized spacial score (nSPS) is 30.7. The second-order valence-corrected chi connectivity index (χ2v) is 7.43. The molecule has 0 aromatic heterocycles. The molecular formula is C17H33N5O2. The summed E-state index contributed by atoms with van der Waals surface area (Å²) < 4.78 is 5.40. The van der Waals surface area contributed by atoms with Crippen molar-refractivity contribution in [1.29, 1.82) is 0 Å². The summed E-state index contributed by atoms with van der Waals surface area (Å²) in [6.07, 6.45) is 0. The Hall–Kier alpha value is -0.730. The standard InChI is InChI=1S/C17H33N5O2/c1-14(2)21-3-5-22(6-4-21)17(23)16-12-18-15(11-19-16)13-20-7-9-24-10-8-20/h14-16,18-19H,3-13H2,1-2H3. The van der Waals surface area contributed by atoms with Crippen molar-refractivity contribution in [3.63, 3.8) is 0 Å². The van der Waals surface area contributed by atoms with Gasteiger partial charge in [-0.3, -0.25) is 14.6 Å². The topological polar surface area (TPSA) is 60.1 Å². The quantitative estimate of drug-likeness (QED) is 0.671. The van der Waals surface area contributed by atoms with Crippen LogP contribution in [-0.4, -0.2) is 111 Å². The zero-order valence-corrected chi connectivity index (χ0v) is 15.2. The zero-order chi connectivity index (χ0) is 16.9. The van der Waals surface area contributed by atoms with Gasteiger partial charge in [0.15, 0.2) is 0 Å². The lowest BCUT2D eigenvalue weighted by Gasteiger charge is -2.40. The first kappa shape index (κ1) is 18.1. The summed E-state index contributed by atoms with van der Waals surface area (Å²) in [6.45, 7) is 14.5. The highest BCUT2D eigenvalue weighted by Crippen LogP contribution is 2.09. The molecule has 2 N–H and O–H groups in total. The maximum atomic E-state index is 12.7. The molecule has 3 aliphatic rings. The summed E-state index contributed by atoms with van der Waals surface area (Å²) >= 11 is 0. The molecule has 3 saturated heterocycles. The molecule has 138 valence electrons. The molecule has 0 saturated carbocycles. The van der Waals surface area contributed by atoms with Crippen LogP contribution in [0.3, 0.4) is 0 Å². The largest absolute Gasteiger partial charge is 0.379 e. The van der Waals surface area contributed by atoms with Crippen LogP contribution >= 0.6 is 0 Å².